The molecule has 1 aromatic rings. The first-order valence-corrected chi connectivity index (χ1v) is 6.31. The summed E-state index contributed by atoms with van der Waals surface area (Å²) in [7, 11) is 0. The quantitative estimate of drug-likeness (QED) is 0.737. The lowest BCUT2D eigenvalue weighted by atomic mass is 9.87. The number of carbonyl (C=O) groups excluding carboxylic acids is 1. The highest BCUT2D eigenvalue weighted by molar-refractivity contribution is 6.32. The molecule has 1 saturated carbocycles. The van der Waals surface area contributed by atoms with Gasteiger partial charge in [0, 0.05) is 29.0 Å². The molecule has 1 fully saturated rings. The Labute approximate surface area is 111 Å². The lowest BCUT2D eigenvalue weighted by Crippen LogP contribution is -2.32. The summed E-state index contributed by atoms with van der Waals surface area (Å²) in [6, 6.07) is 3.04. The fourth-order valence-electron chi connectivity index (χ4n) is 2.42. The number of carbonyl (C=O) groups is 1. The second-order valence-corrected chi connectivity index (χ2v) is 5.35. The van der Waals surface area contributed by atoms with Crippen molar-refractivity contribution in [2.45, 2.75) is 38.1 Å². The summed E-state index contributed by atoms with van der Waals surface area (Å²) in [5, 5.41) is 13.1. The van der Waals surface area contributed by atoms with E-state index < -0.39 is 0 Å². The minimum absolute atomic E-state index is 0.0246. The van der Waals surface area contributed by atoms with E-state index in [2.05, 4.69) is 5.32 Å². The Morgan fingerprint density at radius 2 is 2.17 bits per heavy atom. The van der Waals surface area contributed by atoms with Gasteiger partial charge < -0.3 is 16.2 Å². The number of phenols is 1. The van der Waals surface area contributed by atoms with Gasteiger partial charge in [-0.05, 0) is 31.9 Å². The summed E-state index contributed by atoms with van der Waals surface area (Å²) >= 11 is 6.24. The van der Waals surface area contributed by atoms with E-state index in [9.17, 15) is 9.90 Å². The molecule has 1 amide bonds. The first kappa shape index (κ1) is 13.2. The van der Waals surface area contributed by atoms with Gasteiger partial charge in [-0.25, -0.2) is 0 Å². The number of hydrogen-bond donors (Lipinski definition) is 3. The van der Waals surface area contributed by atoms with Gasteiger partial charge in [-0.3, -0.25) is 4.79 Å². The number of nitrogens with two attached hydrogens (primary N) is 1. The van der Waals surface area contributed by atoms with E-state index in [-0.39, 0.29) is 23.1 Å². The van der Waals surface area contributed by atoms with Crippen LogP contribution in [-0.2, 0) is 10.2 Å². The zero-order valence-corrected chi connectivity index (χ0v) is 11.2. The van der Waals surface area contributed by atoms with Gasteiger partial charge in [-0.2, -0.15) is 0 Å². The third-order valence-corrected chi connectivity index (χ3v) is 3.91. The highest BCUT2D eigenvalue weighted by Crippen LogP contribution is 2.56. The van der Waals surface area contributed by atoms with Crippen LogP contribution in [0.3, 0.4) is 0 Å². The SMILES string of the molecule is CC(=O)Nc1c(O)ccc(Cl)c1C1(C(C)N)CC1. The summed E-state index contributed by atoms with van der Waals surface area (Å²) in [6.45, 7) is 3.32. The van der Waals surface area contributed by atoms with E-state index in [1.807, 2.05) is 6.92 Å². The van der Waals surface area contributed by atoms with E-state index in [4.69, 9.17) is 17.3 Å². The first-order chi connectivity index (χ1) is 8.38. The smallest absolute Gasteiger partial charge is 0.221 e. The number of nitrogens with one attached hydrogen (secondary N) is 1. The molecule has 0 aliphatic heterocycles. The van der Waals surface area contributed by atoms with Crippen molar-refractivity contribution in [2.75, 3.05) is 5.32 Å². The second-order valence-electron chi connectivity index (χ2n) is 4.94. The maximum Gasteiger partial charge on any atom is 0.221 e. The summed E-state index contributed by atoms with van der Waals surface area (Å²) in [5.41, 5.74) is 6.95. The van der Waals surface area contributed by atoms with Crippen LogP contribution in [0, 0.1) is 0 Å². The zero-order chi connectivity index (χ0) is 13.5. The Morgan fingerprint density at radius 1 is 1.56 bits per heavy atom. The lowest BCUT2D eigenvalue weighted by Gasteiger charge is -2.25. The van der Waals surface area contributed by atoms with Gasteiger partial charge in [0.2, 0.25) is 5.91 Å². The number of rotatable bonds is 3. The summed E-state index contributed by atoms with van der Waals surface area (Å²) in [4.78, 5) is 11.2. The zero-order valence-electron chi connectivity index (χ0n) is 10.5. The van der Waals surface area contributed by atoms with Crippen LogP contribution in [0.1, 0.15) is 32.3 Å². The highest BCUT2D eigenvalue weighted by Gasteiger charge is 2.50. The van der Waals surface area contributed by atoms with Crippen molar-refractivity contribution in [1.29, 1.82) is 0 Å². The van der Waals surface area contributed by atoms with Crippen LogP contribution in [0.25, 0.3) is 0 Å². The van der Waals surface area contributed by atoms with E-state index in [1.165, 1.54) is 13.0 Å². The third kappa shape index (κ3) is 2.06. The molecule has 0 heterocycles. The Kier molecular flexibility index (Phi) is 3.25. The van der Waals surface area contributed by atoms with Gasteiger partial charge in [0.25, 0.3) is 0 Å². The Bertz CT molecular complexity index is 496. The predicted molar refractivity (Wildman–Crippen MR) is 72.0 cm³/mol. The second kappa shape index (κ2) is 4.44. The average Bonchev–Trinajstić information content (AvgIpc) is 3.04. The molecular formula is C13H17ClN2O2. The fraction of sp³-hybridized carbons (Fsp3) is 0.462. The molecule has 0 radical (unpaired) electrons. The molecule has 0 saturated heterocycles. The van der Waals surface area contributed by atoms with Crippen LogP contribution in [0.4, 0.5) is 5.69 Å². The number of benzene rings is 1. The Morgan fingerprint density at radius 3 is 2.61 bits per heavy atom. The topological polar surface area (TPSA) is 75.3 Å². The number of halogens is 1. The molecule has 5 heteroatoms. The van der Waals surface area contributed by atoms with Crippen LogP contribution in [0.2, 0.25) is 5.02 Å². The van der Waals surface area contributed by atoms with E-state index >= 15 is 0 Å². The van der Waals surface area contributed by atoms with Crippen molar-refractivity contribution in [1.82, 2.24) is 0 Å². The molecule has 0 bridgehead atoms. The van der Waals surface area contributed by atoms with Crippen LogP contribution in [0.15, 0.2) is 12.1 Å². The number of aromatic hydroxyl groups is 1. The molecule has 1 aromatic carbocycles. The molecule has 0 spiro atoms. The van der Waals surface area contributed by atoms with Crippen molar-refractivity contribution >= 4 is 23.2 Å². The monoisotopic (exact) mass is 268 g/mol. The van der Waals surface area contributed by atoms with Gasteiger partial charge in [0.15, 0.2) is 0 Å². The van der Waals surface area contributed by atoms with Gasteiger partial charge in [-0.15, -0.1) is 0 Å². The standard InChI is InChI=1S/C13H17ClN2O2/c1-7(15)13(5-6-13)11-9(14)3-4-10(18)12(11)16-8(2)17/h3-4,7,18H,5-6,15H2,1-2H3,(H,16,17). The first-order valence-electron chi connectivity index (χ1n) is 5.93. The van der Waals surface area contributed by atoms with Crippen molar-refractivity contribution in [3.63, 3.8) is 0 Å². The molecular weight excluding hydrogens is 252 g/mol. The predicted octanol–water partition coefficient (Wildman–Crippen LogP) is 2.38. The molecule has 1 aliphatic rings. The highest BCUT2D eigenvalue weighted by atomic mass is 35.5. The molecule has 0 aromatic heterocycles. The minimum Gasteiger partial charge on any atom is -0.506 e. The van der Waals surface area contributed by atoms with Crippen LogP contribution in [-0.4, -0.2) is 17.1 Å². The number of phenolic OH excluding ortho intramolecular Hbond substituents is 1. The van der Waals surface area contributed by atoms with Gasteiger partial charge in [0.05, 0.1) is 5.69 Å². The lowest BCUT2D eigenvalue weighted by molar-refractivity contribution is -0.114. The van der Waals surface area contributed by atoms with Gasteiger partial charge in [0.1, 0.15) is 5.75 Å². The molecule has 18 heavy (non-hydrogen) atoms. The average molecular weight is 269 g/mol. The fourth-order valence-corrected chi connectivity index (χ4v) is 2.77. The largest absolute Gasteiger partial charge is 0.506 e. The van der Waals surface area contributed by atoms with E-state index in [0.29, 0.717) is 10.7 Å². The molecule has 1 unspecified atom stereocenters. The molecule has 1 aliphatic carbocycles. The molecule has 1 atom stereocenters. The molecule has 4 nitrogen and oxygen atoms in total. The summed E-state index contributed by atoms with van der Waals surface area (Å²) in [6.07, 6.45) is 1.83. The van der Waals surface area contributed by atoms with E-state index in [0.717, 1.165) is 18.4 Å². The third-order valence-electron chi connectivity index (χ3n) is 3.59. The molecule has 98 valence electrons. The number of anilines is 1. The molecule has 2 rings (SSSR count). The van der Waals surface area contributed by atoms with Crippen molar-refractivity contribution in [3.8, 4) is 5.75 Å². The summed E-state index contributed by atoms with van der Waals surface area (Å²) < 4.78 is 0. The van der Waals surface area contributed by atoms with Crippen LogP contribution >= 0.6 is 11.6 Å². The normalized spacial score (nSPS) is 18.2. The maximum atomic E-state index is 11.2. The molecule has 4 N–H and O–H groups in total. The van der Waals surface area contributed by atoms with E-state index in [1.54, 1.807) is 6.07 Å². The summed E-state index contributed by atoms with van der Waals surface area (Å²) in [5.74, 6) is -0.217. The Hall–Kier alpha value is -1.26. The van der Waals surface area contributed by atoms with Crippen molar-refractivity contribution in [3.05, 3.63) is 22.7 Å². The van der Waals surface area contributed by atoms with Crippen molar-refractivity contribution < 1.29 is 9.90 Å². The number of hydrogen-bond acceptors (Lipinski definition) is 3. The van der Waals surface area contributed by atoms with Gasteiger partial charge in [-0.1, -0.05) is 11.6 Å². The van der Waals surface area contributed by atoms with Crippen molar-refractivity contribution in [2.24, 2.45) is 5.73 Å². The number of amides is 1. The maximum absolute atomic E-state index is 11.2. The van der Waals surface area contributed by atoms with Crippen LogP contribution in [0.5, 0.6) is 5.75 Å². The Balaban J connectivity index is 2.58. The van der Waals surface area contributed by atoms with Gasteiger partial charge >= 0.3 is 0 Å². The van der Waals surface area contributed by atoms with Crippen LogP contribution < -0.4 is 11.1 Å². The minimum atomic E-state index is -0.241.